The Bertz CT molecular complexity index is 317. The summed E-state index contributed by atoms with van der Waals surface area (Å²) in [6.45, 7) is -0.826. The van der Waals surface area contributed by atoms with Gasteiger partial charge in [-0.25, -0.2) is 4.57 Å². The van der Waals surface area contributed by atoms with Gasteiger partial charge in [0.2, 0.25) is 0 Å². The predicted molar refractivity (Wildman–Crippen MR) is 52.9 cm³/mol. The van der Waals surface area contributed by atoms with Crippen molar-refractivity contribution in [3.05, 3.63) is 0 Å². The highest BCUT2D eigenvalue weighted by atomic mass is 31.2. The summed E-state index contributed by atoms with van der Waals surface area (Å²) in [5.41, 5.74) is 0. The van der Waals surface area contributed by atoms with Crippen molar-refractivity contribution < 1.29 is 49.1 Å². The number of ether oxygens (including phenoxy) is 1. The molecule has 0 saturated carbocycles. The van der Waals surface area contributed by atoms with Crippen molar-refractivity contribution in [1.29, 1.82) is 0 Å². The number of phosphoric ester groups is 1. The summed E-state index contributed by atoms with van der Waals surface area (Å²) in [5.74, 6) is 0. The summed E-state index contributed by atoms with van der Waals surface area (Å²) < 4.78 is 19.4. The highest BCUT2D eigenvalue weighted by Gasteiger charge is 2.48. The average Bonchev–Trinajstić information content (AvgIpc) is 2.27. The van der Waals surface area contributed by atoms with Crippen LogP contribution in [0.25, 0.3) is 0 Å². The molecule has 2 unspecified atom stereocenters. The van der Waals surface area contributed by atoms with Gasteiger partial charge in [0.1, 0.15) is 30.5 Å². The first kappa shape index (κ1) is 15.9. The fourth-order valence-corrected chi connectivity index (χ4v) is 1.96. The van der Waals surface area contributed by atoms with Crippen LogP contribution in [0.3, 0.4) is 0 Å². The van der Waals surface area contributed by atoms with Gasteiger partial charge < -0.3 is 40.1 Å². The van der Waals surface area contributed by atoms with Crippen LogP contribution in [0, 0.1) is 0 Å². The third-order valence-corrected chi connectivity index (χ3v) is 2.90. The van der Waals surface area contributed by atoms with E-state index in [-0.39, 0.29) is 0 Å². The Morgan fingerprint density at radius 1 is 1.17 bits per heavy atom. The zero-order valence-electron chi connectivity index (χ0n) is 8.97. The van der Waals surface area contributed by atoms with E-state index < -0.39 is 51.2 Å². The van der Waals surface area contributed by atoms with E-state index in [1.165, 1.54) is 0 Å². The first-order valence-electron chi connectivity index (χ1n) is 4.90. The summed E-state index contributed by atoms with van der Waals surface area (Å²) in [4.78, 5) is 17.1. The number of rotatable bonds is 4. The van der Waals surface area contributed by atoms with E-state index in [4.69, 9.17) is 19.6 Å². The Morgan fingerprint density at radius 2 is 1.72 bits per heavy atom. The molecule has 0 radical (unpaired) electrons. The molecule has 1 aliphatic heterocycles. The monoisotopic (exact) mass is 290 g/mol. The Morgan fingerprint density at radius 3 is 2.17 bits per heavy atom. The molecule has 10 nitrogen and oxygen atoms in total. The lowest BCUT2D eigenvalue weighted by Crippen LogP contribution is -2.61. The van der Waals surface area contributed by atoms with Gasteiger partial charge in [-0.1, -0.05) is 0 Å². The van der Waals surface area contributed by atoms with Crippen LogP contribution in [0.1, 0.15) is 0 Å². The quantitative estimate of drug-likeness (QED) is 0.254. The fourth-order valence-electron chi connectivity index (χ4n) is 1.52. The molecule has 0 aromatic heterocycles. The first-order valence-corrected chi connectivity index (χ1v) is 6.43. The molecule has 0 spiro atoms. The molecule has 11 heteroatoms. The molecule has 1 rings (SSSR count). The molecule has 18 heavy (non-hydrogen) atoms. The van der Waals surface area contributed by atoms with Crippen molar-refractivity contribution in [3.8, 4) is 0 Å². The summed E-state index contributed by atoms with van der Waals surface area (Å²) in [7, 11) is -5.00. The lowest BCUT2D eigenvalue weighted by atomic mass is 9.96. The number of hydrogen-bond donors (Lipinski definition) is 7. The highest BCUT2D eigenvalue weighted by Crippen LogP contribution is 2.40. The van der Waals surface area contributed by atoms with Gasteiger partial charge in [0.05, 0.1) is 6.61 Å². The van der Waals surface area contributed by atoms with Crippen molar-refractivity contribution in [2.45, 2.75) is 36.8 Å². The molecule has 108 valence electrons. The van der Waals surface area contributed by atoms with Gasteiger partial charge in [0, 0.05) is 0 Å². The van der Waals surface area contributed by atoms with Gasteiger partial charge in [0.25, 0.3) is 0 Å². The van der Waals surface area contributed by atoms with Gasteiger partial charge in [0.15, 0.2) is 6.29 Å². The van der Waals surface area contributed by atoms with Crippen molar-refractivity contribution in [2.75, 3.05) is 6.61 Å². The van der Waals surface area contributed by atoms with Crippen LogP contribution >= 0.6 is 7.82 Å². The van der Waals surface area contributed by atoms with Crippen molar-refractivity contribution in [3.63, 3.8) is 0 Å². The lowest BCUT2D eigenvalue weighted by Gasteiger charge is -2.41. The Balaban J connectivity index is 2.84. The fraction of sp³-hybridized carbons (Fsp3) is 1.00. The highest BCUT2D eigenvalue weighted by molar-refractivity contribution is 7.46. The van der Waals surface area contributed by atoms with E-state index in [1.54, 1.807) is 0 Å². The molecule has 1 heterocycles. The number of aliphatic hydroxyl groups is 5. The maximum absolute atomic E-state index is 10.6. The van der Waals surface area contributed by atoms with E-state index in [0.29, 0.717) is 0 Å². The van der Waals surface area contributed by atoms with Crippen LogP contribution in [-0.4, -0.2) is 78.7 Å². The second-order valence-corrected chi connectivity index (χ2v) is 4.98. The van der Waals surface area contributed by atoms with E-state index >= 15 is 0 Å². The van der Waals surface area contributed by atoms with E-state index in [2.05, 4.69) is 4.52 Å². The Kier molecular flexibility index (Phi) is 5.21. The summed E-state index contributed by atoms with van der Waals surface area (Å²) in [6, 6.07) is 0. The maximum Gasteiger partial charge on any atom is 0.472 e. The van der Waals surface area contributed by atoms with Gasteiger partial charge in [-0.2, -0.15) is 0 Å². The minimum absolute atomic E-state index is 0.826. The number of aliphatic hydroxyl groups excluding tert-OH is 5. The largest absolute Gasteiger partial charge is 0.472 e. The normalized spacial score (nSPS) is 39.6. The number of phosphoric acid groups is 1. The van der Waals surface area contributed by atoms with E-state index in [1.807, 2.05) is 0 Å². The molecular formula is C7H15O10P. The van der Waals surface area contributed by atoms with Crippen LogP contribution in [0.4, 0.5) is 0 Å². The standard InChI is InChI=1S/C7H15O10P/c8-1-2(9)6-4(11)3(10)5(12)7(16-6)17-18(13,14)15/h2-12H,1H2,(H2,13,14,15)/t2?,3-,4-,5-,6+,7?/m0/s1. The molecule has 1 saturated heterocycles. The molecule has 0 aliphatic carbocycles. The second kappa shape index (κ2) is 5.88. The molecule has 1 aliphatic rings. The zero-order valence-corrected chi connectivity index (χ0v) is 9.87. The minimum atomic E-state index is -5.00. The third kappa shape index (κ3) is 3.68. The first-order chi connectivity index (χ1) is 8.17. The van der Waals surface area contributed by atoms with Gasteiger partial charge in [-0.3, -0.25) is 4.52 Å². The SMILES string of the molecule is O=P(O)(O)OC1O[C@H](C(O)CO)[C@@H](O)[C@H](O)[C@@H]1O. The third-order valence-electron chi connectivity index (χ3n) is 2.41. The van der Waals surface area contributed by atoms with Crippen LogP contribution in [0.5, 0.6) is 0 Å². The minimum Gasteiger partial charge on any atom is -0.394 e. The van der Waals surface area contributed by atoms with Crippen molar-refractivity contribution in [2.24, 2.45) is 0 Å². The predicted octanol–water partition coefficient (Wildman–Crippen LogP) is -3.74. The number of hydrogen-bond acceptors (Lipinski definition) is 8. The smallest absolute Gasteiger partial charge is 0.394 e. The maximum atomic E-state index is 10.6. The Labute approximate surface area is 101 Å². The van der Waals surface area contributed by atoms with Crippen LogP contribution in [0.15, 0.2) is 0 Å². The molecule has 0 bridgehead atoms. The summed E-state index contributed by atoms with van der Waals surface area (Å²) in [5, 5.41) is 46.3. The summed E-state index contributed by atoms with van der Waals surface area (Å²) in [6.07, 6.45) is -10.7. The molecule has 0 amide bonds. The molecular weight excluding hydrogens is 275 g/mol. The van der Waals surface area contributed by atoms with Crippen LogP contribution in [-0.2, 0) is 13.8 Å². The van der Waals surface area contributed by atoms with Crippen LogP contribution < -0.4 is 0 Å². The Hall–Kier alpha value is -0.130. The van der Waals surface area contributed by atoms with Crippen molar-refractivity contribution in [1.82, 2.24) is 0 Å². The molecule has 0 aromatic rings. The van der Waals surface area contributed by atoms with Crippen LogP contribution in [0.2, 0.25) is 0 Å². The second-order valence-electron chi connectivity index (χ2n) is 3.79. The van der Waals surface area contributed by atoms with E-state index in [0.717, 1.165) is 0 Å². The zero-order chi connectivity index (χ0) is 14.1. The molecule has 0 aromatic carbocycles. The van der Waals surface area contributed by atoms with Gasteiger partial charge >= 0.3 is 7.82 Å². The van der Waals surface area contributed by atoms with Gasteiger partial charge in [-0.05, 0) is 0 Å². The average molecular weight is 290 g/mol. The topological polar surface area (TPSA) is 177 Å². The molecule has 1 fully saturated rings. The molecule has 6 atom stereocenters. The summed E-state index contributed by atoms with van der Waals surface area (Å²) >= 11 is 0. The van der Waals surface area contributed by atoms with Crippen molar-refractivity contribution >= 4 is 7.82 Å². The lowest BCUT2D eigenvalue weighted by molar-refractivity contribution is -0.293. The van der Waals surface area contributed by atoms with E-state index in [9.17, 15) is 25.0 Å². The van der Waals surface area contributed by atoms with Gasteiger partial charge in [-0.15, -0.1) is 0 Å². The molecule has 7 N–H and O–H groups in total.